The number of piperidine rings is 1. The number of hydrogen-bond donors (Lipinski definition) is 1. The van der Waals surface area contributed by atoms with Gasteiger partial charge in [-0.2, -0.15) is 0 Å². The van der Waals surface area contributed by atoms with Crippen molar-refractivity contribution in [1.29, 1.82) is 0 Å². The number of ether oxygens (including phenoxy) is 1. The Kier molecular flexibility index (Phi) is 9.39. The van der Waals surface area contributed by atoms with Crippen LogP contribution in [0.3, 0.4) is 0 Å². The molecule has 1 amide bonds. The van der Waals surface area contributed by atoms with E-state index in [2.05, 4.69) is 21.2 Å². The van der Waals surface area contributed by atoms with E-state index < -0.39 is 0 Å². The molecule has 0 aliphatic carbocycles. The lowest BCUT2D eigenvalue weighted by atomic mass is 10.0. The number of nitrogens with zero attached hydrogens (tertiary/aromatic N) is 2. The van der Waals surface area contributed by atoms with Gasteiger partial charge in [0.05, 0.1) is 7.11 Å². The first-order chi connectivity index (χ1) is 12.8. The largest absolute Gasteiger partial charge is 0.497 e. The predicted molar refractivity (Wildman–Crippen MR) is 112 cm³/mol. The summed E-state index contributed by atoms with van der Waals surface area (Å²) in [5.41, 5.74) is 1.17. The molecule has 27 heavy (non-hydrogen) atoms. The molecule has 3 rings (SSSR count). The Morgan fingerprint density at radius 1 is 1.30 bits per heavy atom. The number of carbonyl (C=O) groups is 1. The fourth-order valence-electron chi connectivity index (χ4n) is 4.09. The molecule has 2 fully saturated rings. The van der Waals surface area contributed by atoms with Crippen molar-refractivity contribution in [3.63, 3.8) is 0 Å². The summed E-state index contributed by atoms with van der Waals surface area (Å²) in [5.74, 6) is 1.15. The minimum Gasteiger partial charge on any atom is -0.497 e. The molecule has 2 heterocycles. The second-order valence-electron chi connectivity index (χ2n) is 7.49. The Balaban J connectivity index is 0.00000261. The number of amides is 1. The molecular weight excluding hydrogens is 362 g/mol. The van der Waals surface area contributed by atoms with Crippen LogP contribution in [0, 0.1) is 0 Å². The minimum atomic E-state index is 0. The van der Waals surface area contributed by atoms with E-state index in [-0.39, 0.29) is 12.4 Å². The monoisotopic (exact) mass is 395 g/mol. The van der Waals surface area contributed by atoms with Crippen molar-refractivity contribution in [3.8, 4) is 5.75 Å². The van der Waals surface area contributed by atoms with Crippen LogP contribution in [0.25, 0.3) is 0 Å². The van der Waals surface area contributed by atoms with Crippen molar-refractivity contribution in [2.75, 3.05) is 46.4 Å². The Labute approximate surface area is 169 Å². The number of aryl methyl sites for hydroxylation is 1. The van der Waals surface area contributed by atoms with Crippen LogP contribution in [-0.4, -0.2) is 68.1 Å². The quantitative estimate of drug-likeness (QED) is 0.735. The molecule has 2 aliphatic rings. The lowest BCUT2D eigenvalue weighted by Gasteiger charge is -2.36. The molecule has 2 saturated heterocycles. The van der Waals surface area contributed by atoms with Crippen molar-refractivity contribution >= 4 is 18.3 Å². The van der Waals surface area contributed by atoms with Gasteiger partial charge in [0.1, 0.15) is 5.75 Å². The average molecular weight is 396 g/mol. The molecule has 0 aromatic heterocycles. The minimum absolute atomic E-state index is 0. The molecule has 1 unspecified atom stereocenters. The van der Waals surface area contributed by atoms with Gasteiger partial charge < -0.3 is 19.9 Å². The molecule has 0 saturated carbocycles. The maximum absolute atomic E-state index is 13.0. The Morgan fingerprint density at radius 3 is 2.81 bits per heavy atom. The van der Waals surface area contributed by atoms with Gasteiger partial charge in [0, 0.05) is 32.1 Å². The highest BCUT2D eigenvalue weighted by Crippen LogP contribution is 2.17. The smallest absolute Gasteiger partial charge is 0.223 e. The summed E-state index contributed by atoms with van der Waals surface area (Å²) in [6.45, 7) is 6.27. The molecule has 0 spiro atoms. The molecule has 0 radical (unpaired) electrons. The summed E-state index contributed by atoms with van der Waals surface area (Å²) >= 11 is 0. The zero-order valence-corrected chi connectivity index (χ0v) is 17.3. The Hall–Kier alpha value is -1.30. The van der Waals surface area contributed by atoms with E-state index in [1.807, 2.05) is 18.2 Å². The molecular formula is C21H34ClN3O2. The van der Waals surface area contributed by atoms with Crippen LogP contribution >= 0.6 is 12.4 Å². The molecule has 2 aliphatic heterocycles. The van der Waals surface area contributed by atoms with Crippen LogP contribution in [0.4, 0.5) is 0 Å². The van der Waals surface area contributed by atoms with Crippen LogP contribution in [0.1, 0.15) is 37.7 Å². The third kappa shape index (κ3) is 6.66. The highest BCUT2D eigenvalue weighted by Gasteiger charge is 2.25. The van der Waals surface area contributed by atoms with E-state index in [4.69, 9.17) is 4.74 Å². The average Bonchev–Trinajstić information content (AvgIpc) is 3.21. The summed E-state index contributed by atoms with van der Waals surface area (Å²) in [7, 11) is 1.68. The van der Waals surface area contributed by atoms with E-state index in [1.54, 1.807) is 7.11 Å². The van der Waals surface area contributed by atoms with Crippen molar-refractivity contribution in [1.82, 2.24) is 15.1 Å². The Bertz CT molecular complexity index is 572. The van der Waals surface area contributed by atoms with Crippen LogP contribution in [-0.2, 0) is 11.2 Å². The second-order valence-corrected chi connectivity index (χ2v) is 7.49. The second kappa shape index (κ2) is 11.5. The molecule has 152 valence electrons. The fraction of sp³-hybridized carbons (Fsp3) is 0.667. The molecule has 1 aromatic carbocycles. The number of hydrogen-bond acceptors (Lipinski definition) is 4. The van der Waals surface area contributed by atoms with Gasteiger partial charge in [0.2, 0.25) is 5.91 Å². The SMILES string of the molecule is COc1cccc(CCC(=O)N(CCN2CCCC2)C2CCCNC2)c1.Cl. The summed E-state index contributed by atoms with van der Waals surface area (Å²) < 4.78 is 5.29. The van der Waals surface area contributed by atoms with Crippen LogP contribution in [0.5, 0.6) is 5.75 Å². The number of carbonyl (C=O) groups excluding carboxylic acids is 1. The molecule has 1 N–H and O–H groups in total. The third-order valence-corrected chi connectivity index (χ3v) is 5.65. The van der Waals surface area contributed by atoms with Crippen molar-refractivity contribution in [2.24, 2.45) is 0 Å². The first-order valence-corrected chi connectivity index (χ1v) is 10.1. The van der Waals surface area contributed by atoms with Gasteiger partial charge in [-0.25, -0.2) is 0 Å². The Morgan fingerprint density at radius 2 is 2.11 bits per heavy atom. The fourth-order valence-corrected chi connectivity index (χ4v) is 4.09. The van der Waals surface area contributed by atoms with Crippen LogP contribution in [0.2, 0.25) is 0 Å². The van der Waals surface area contributed by atoms with Gasteiger partial charge in [0.15, 0.2) is 0 Å². The number of likely N-dealkylation sites (tertiary alicyclic amines) is 1. The lowest BCUT2D eigenvalue weighted by Crippen LogP contribution is -2.50. The summed E-state index contributed by atoms with van der Waals surface area (Å²) in [6.07, 6.45) is 6.23. The van der Waals surface area contributed by atoms with E-state index in [0.29, 0.717) is 18.4 Å². The zero-order valence-electron chi connectivity index (χ0n) is 16.5. The zero-order chi connectivity index (χ0) is 18.2. The van der Waals surface area contributed by atoms with Gasteiger partial charge in [-0.15, -0.1) is 12.4 Å². The summed E-state index contributed by atoms with van der Waals surface area (Å²) in [4.78, 5) is 17.7. The van der Waals surface area contributed by atoms with Gasteiger partial charge in [-0.1, -0.05) is 12.1 Å². The highest BCUT2D eigenvalue weighted by atomic mass is 35.5. The maximum Gasteiger partial charge on any atom is 0.223 e. The molecule has 0 bridgehead atoms. The van der Waals surface area contributed by atoms with E-state index in [1.165, 1.54) is 31.5 Å². The van der Waals surface area contributed by atoms with Crippen LogP contribution < -0.4 is 10.1 Å². The number of rotatable bonds is 8. The lowest BCUT2D eigenvalue weighted by molar-refractivity contribution is -0.134. The van der Waals surface area contributed by atoms with E-state index >= 15 is 0 Å². The number of halogens is 1. The van der Waals surface area contributed by atoms with Gasteiger partial charge in [-0.3, -0.25) is 4.79 Å². The first kappa shape index (κ1) is 22.0. The van der Waals surface area contributed by atoms with Gasteiger partial charge >= 0.3 is 0 Å². The number of methoxy groups -OCH3 is 1. The van der Waals surface area contributed by atoms with Crippen LogP contribution in [0.15, 0.2) is 24.3 Å². The highest BCUT2D eigenvalue weighted by molar-refractivity contribution is 5.85. The third-order valence-electron chi connectivity index (χ3n) is 5.65. The van der Waals surface area contributed by atoms with Gasteiger partial charge in [-0.05, 0) is 69.4 Å². The molecule has 5 nitrogen and oxygen atoms in total. The molecule has 1 aromatic rings. The molecule has 1 atom stereocenters. The topological polar surface area (TPSA) is 44.8 Å². The van der Waals surface area contributed by atoms with Crippen molar-refractivity contribution < 1.29 is 9.53 Å². The summed E-state index contributed by atoms with van der Waals surface area (Å²) in [6, 6.07) is 8.40. The predicted octanol–water partition coefficient (Wildman–Crippen LogP) is 2.73. The van der Waals surface area contributed by atoms with Crippen molar-refractivity contribution in [2.45, 2.75) is 44.6 Å². The van der Waals surface area contributed by atoms with Crippen molar-refractivity contribution in [3.05, 3.63) is 29.8 Å². The normalized spacial score (nSPS) is 20.1. The standard InChI is InChI=1S/C21H33N3O2.ClH/c1-26-20-8-4-6-18(16-20)9-10-21(25)24(19-7-5-11-22-17-19)15-14-23-12-2-3-13-23;/h4,6,8,16,19,22H,2-3,5,7,9-15,17H2,1H3;1H. The summed E-state index contributed by atoms with van der Waals surface area (Å²) in [5, 5.41) is 3.46. The number of benzene rings is 1. The molecule has 6 heteroatoms. The first-order valence-electron chi connectivity index (χ1n) is 10.1. The number of nitrogens with one attached hydrogen (secondary N) is 1. The van der Waals surface area contributed by atoms with Gasteiger partial charge in [0.25, 0.3) is 0 Å². The maximum atomic E-state index is 13.0. The van der Waals surface area contributed by atoms with E-state index in [0.717, 1.165) is 51.2 Å². The van der Waals surface area contributed by atoms with E-state index in [9.17, 15) is 4.79 Å².